The van der Waals surface area contributed by atoms with Crippen LogP contribution in [0.4, 0.5) is 5.69 Å². The molecule has 3 aromatic rings. The number of fused-ring (bicyclic) bond motifs is 3. The van der Waals surface area contributed by atoms with Crippen molar-refractivity contribution in [3.8, 4) is 5.75 Å². The number of aromatic nitrogens is 1. The maximum atomic E-state index is 13.9. The van der Waals surface area contributed by atoms with E-state index in [1.54, 1.807) is 41.5 Å². The highest BCUT2D eigenvalue weighted by Crippen LogP contribution is 2.39. The third-order valence-electron chi connectivity index (χ3n) is 7.22. The summed E-state index contributed by atoms with van der Waals surface area (Å²) in [5, 5.41) is 5.71. The van der Waals surface area contributed by atoms with E-state index in [2.05, 4.69) is 12.2 Å². The van der Waals surface area contributed by atoms with E-state index in [0.29, 0.717) is 34.6 Å². The van der Waals surface area contributed by atoms with Gasteiger partial charge in [-0.15, -0.1) is 11.3 Å². The van der Waals surface area contributed by atoms with Gasteiger partial charge in [-0.2, -0.15) is 0 Å². The Balaban J connectivity index is 1.60. The normalized spacial score (nSPS) is 25.2. The van der Waals surface area contributed by atoms with Gasteiger partial charge in [-0.25, -0.2) is 0 Å². The van der Waals surface area contributed by atoms with E-state index in [0.717, 1.165) is 29.5 Å². The molecule has 1 aliphatic carbocycles. The number of benzene rings is 1. The fourth-order valence-electron chi connectivity index (χ4n) is 5.27. The second kappa shape index (κ2) is 8.37. The van der Waals surface area contributed by atoms with Crippen LogP contribution in [0.25, 0.3) is 10.2 Å². The SMILES string of the molecule is COc1ccc(N2C(=O)c3cc4sccc4n3C[C@]2(C)C(=O)N[C@H]2CCCC[C@H]2C)cc1Cl. The molecule has 0 spiro atoms. The maximum absolute atomic E-state index is 13.9. The van der Waals surface area contributed by atoms with Gasteiger partial charge in [0, 0.05) is 11.7 Å². The topological polar surface area (TPSA) is 63.6 Å². The number of methoxy groups -OCH3 is 1. The van der Waals surface area contributed by atoms with Crippen molar-refractivity contribution in [2.45, 2.75) is 57.7 Å². The van der Waals surface area contributed by atoms with Gasteiger partial charge in [0.2, 0.25) is 5.91 Å². The Morgan fingerprint density at radius 2 is 2.03 bits per heavy atom. The lowest BCUT2D eigenvalue weighted by Gasteiger charge is -2.45. The highest BCUT2D eigenvalue weighted by Gasteiger charge is 2.49. The minimum atomic E-state index is -1.12. The lowest BCUT2D eigenvalue weighted by molar-refractivity contribution is -0.127. The Labute approximate surface area is 202 Å². The molecule has 174 valence electrons. The number of nitrogens with zero attached hydrogens (tertiary/aromatic N) is 2. The first-order valence-corrected chi connectivity index (χ1v) is 12.6. The van der Waals surface area contributed by atoms with Gasteiger partial charge >= 0.3 is 0 Å². The number of anilines is 1. The lowest BCUT2D eigenvalue weighted by Crippen LogP contribution is -2.65. The molecule has 0 unspecified atom stereocenters. The second-order valence-electron chi connectivity index (χ2n) is 9.36. The largest absolute Gasteiger partial charge is 0.495 e. The van der Waals surface area contributed by atoms with Crippen molar-refractivity contribution in [1.82, 2.24) is 9.88 Å². The summed E-state index contributed by atoms with van der Waals surface area (Å²) in [4.78, 5) is 29.4. The quantitative estimate of drug-likeness (QED) is 0.532. The van der Waals surface area contributed by atoms with E-state index < -0.39 is 5.54 Å². The van der Waals surface area contributed by atoms with Crippen molar-refractivity contribution in [1.29, 1.82) is 0 Å². The number of carbonyl (C=O) groups excluding carboxylic acids is 2. The predicted molar refractivity (Wildman–Crippen MR) is 133 cm³/mol. The fourth-order valence-corrected chi connectivity index (χ4v) is 6.34. The van der Waals surface area contributed by atoms with Gasteiger partial charge < -0.3 is 14.6 Å². The van der Waals surface area contributed by atoms with Crippen LogP contribution in [0.3, 0.4) is 0 Å². The fraction of sp³-hybridized carbons (Fsp3) is 0.440. The zero-order chi connectivity index (χ0) is 23.3. The molecule has 33 heavy (non-hydrogen) atoms. The van der Waals surface area contributed by atoms with Gasteiger partial charge in [-0.3, -0.25) is 14.5 Å². The number of hydrogen-bond donors (Lipinski definition) is 1. The molecule has 8 heteroatoms. The lowest BCUT2D eigenvalue weighted by atomic mass is 9.84. The molecular weight excluding hydrogens is 458 g/mol. The zero-order valence-corrected chi connectivity index (χ0v) is 20.6. The summed E-state index contributed by atoms with van der Waals surface area (Å²) >= 11 is 8.02. The minimum absolute atomic E-state index is 0.117. The van der Waals surface area contributed by atoms with Crippen LogP contribution in [0.5, 0.6) is 5.75 Å². The molecule has 1 fully saturated rings. The Hall–Kier alpha value is -2.51. The molecule has 0 saturated heterocycles. The average Bonchev–Trinajstić information content (AvgIpc) is 3.38. The van der Waals surface area contributed by atoms with Gasteiger partial charge in [0.15, 0.2) is 0 Å². The number of carbonyl (C=O) groups is 2. The number of amides is 2. The Morgan fingerprint density at radius 1 is 1.24 bits per heavy atom. The van der Waals surface area contributed by atoms with Crippen molar-refractivity contribution >= 4 is 50.7 Å². The molecule has 1 aromatic carbocycles. The van der Waals surface area contributed by atoms with Crippen molar-refractivity contribution < 1.29 is 14.3 Å². The van der Waals surface area contributed by atoms with E-state index in [1.165, 1.54) is 6.42 Å². The van der Waals surface area contributed by atoms with E-state index in [-0.39, 0.29) is 17.9 Å². The molecule has 1 N–H and O–H groups in total. The number of ether oxygens (including phenoxy) is 1. The first-order chi connectivity index (χ1) is 15.8. The van der Waals surface area contributed by atoms with E-state index >= 15 is 0 Å². The van der Waals surface area contributed by atoms with Crippen LogP contribution in [-0.2, 0) is 11.3 Å². The van der Waals surface area contributed by atoms with Crippen molar-refractivity contribution in [3.05, 3.63) is 46.4 Å². The van der Waals surface area contributed by atoms with Crippen LogP contribution in [0, 0.1) is 5.92 Å². The molecule has 6 nitrogen and oxygen atoms in total. The number of rotatable bonds is 4. The van der Waals surface area contributed by atoms with Gasteiger partial charge in [0.25, 0.3) is 5.91 Å². The molecule has 0 bridgehead atoms. The summed E-state index contributed by atoms with van der Waals surface area (Å²) in [6, 6.07) is 9.27. The summed E-state index contributed by atoms with van der Waals surface area (Å²) in [7, 11) is 1.55. The average molecular weight is 486 g/mol. The summed E-state index contributed by atoms with van der Waals surface area (Å²) in [6.07, 6.45) is 4.38. The van der Waals surface area contributed by atoms with Crippen LogP contribution >= 0.6 is 22.9 Å². The molecule has 0 radical (unpaired) electrons. The standard InChI is InChI=1S/C25H28ClN3O3S/c1-15-6-4-5-7-18(15)27-24(31)25(2)14-28-19-10-11-33-22(19)13-20(28)23(30)29(25)16-8-9-21(32-3)17(26)12-16/h8-13,15,18H,4-7,14H2,1-3H3,(H,27,31)/t15-,18+,25-/m1/s1. The minimum Gasteiger partial charge on any atom is -0.495 e. The van der Waals surface area contributed by atoms with Gasteiger partial charge in [0.1, 0.15) is 17.0 Å². The zero-order valence-electron chi connectivity index (χ0n) is 19.1. The van der Waals surface area contributed by atoms with Crippen LogP contribution in [0.15, 0.2) is 35.7 Å². The monoisotopic (exact) mass is 485 g/mol. The number of hydrogen-bond acceptors (Lipinski definition) is 4. The molecule has 2 amide bonds. The van der Waals surface area contributed by atoms with E-state index in [1.807, 2.05) is 29.0 Å². The number of thiophene rings is 1. The predicted octanol–water partition coefficient (Wildman–Crippen LogP) is 5.48. The molecule has 3 atom stereocenters. The molecule has 5 rings (SSSR count). The maximum Gasteiger partial charge on any atom is 0.275 e. The number of halogens is 1. The van der Waals surface area contributed by atoms with E-state index in [4.69, 9.17) is 16.3 Å². The summed E-state index contributed by atoms with van der Waals surface area (Å²) in [5.74, 6) is 0.598. The summed E-state index contributed by atoms with van der Waals surface area (Å²) in [6.45, 7) is 4.41. The van der Waals surface area contributed by atoms with Crippen molar-refractivity contribution in [3.63, 3.8) is 0 Å². The highest BCUT2D eigenvalue weighted by molar-refractivity contribution is 7.17. The van der Waals surface area contributed by atoms with Crippen molar-refractivity contribution in [2.24, 2.45) is 5.92 Å². The third kappa shape index (κ3) is 3.62. The first kappa shape index (κ1) is 22.3. The third-order valence-corrected chi connectivity index (χ3v) is 8.36. The Bertz CT molecular complexity index is 1230. The van der Waals surface area contributed by atoms with Crippen LogP contribution in [0.2, 0.25) is 5.02 Å². The van der Waals surface area contributed by atoms with E-state index in [9.17, 15) is 9.59 Å². The van der Waals surface area contributed by atoms with Gasteiger partial charge in [-0.1, -0.05) is 31.4 Å². The van der Waals surface area contributed by atoms with Crippen LogP contribution < -0.4 is 15.0 Å². The first-order valence-electron chi connectivity index (χ1n) is 11.4. The Morgan fingerprint density at radius 3 is 2.76 bits per heavy atom. The second-order valence-corrected chi connectivity index (χ2v) is 10.7. The molecule has 1 saturated carbocycles. The van der Waals surface area contributed by atoms with Gasteiger partial charge in [-0.05, 0) is 61.4 Å². The number of nitrogens with one attached hydrogen (secondary N) is 1. The van der Waals surface area contributed by atoms with Gasteiger partial charge in [0.05, 0.1) is 28.9 Å². The highest BCUT2D eigenvalue weighted by atomic mass is 35.5. The molecule has 2 aromatic heterocycles. The van der Waals surface area contributed by atoms with Crippen LogP contribution in [0.1, 0.15) is 50.0 Å². The molecule has 1 aliphatic heterocycles. The van der Waals surface area contributed by atoms with Crippen LogP contribution in [-0.4, -0.2) is 35.1 Å². The Kier molecular flexibility index (Phi) is 5.65. The molecule has 3 heterocycles. The summed E-state index contributed by atoms with van der Waals surface area (Å²) < 4.78 is 8.32. The molecular formula is C25H28ClN3O3S. The smallest absolute Gasteiger partial charge is 0.275 e. The van der Waals surface area contributed by atoms with Crippen molar-refractivity contribution in [2.75, 3.05) is 12.0 Å². The summed E-state index contributed by atoms with van der Waals surface area (Å²) in [5.41, 5.74) is 1.03. The molecule has 2 aliphatic rings.